The topological polar surface area (TPSA) is 80.0 Å². The number of aryl methyl sites for hydroxylation is 3. The second-order valence-electron chi connectivity index (χ2n) is 8.86. The molecule has 33 heavy (non-hydrogen) atoms. The van der Waals surface area contributed by atoms with Crippen molar-refractivity contribution in [3.05, 3.63) is 87.9 Å². The Morgan fingerprint density at radius 1 is 1.03 bits per heavy atom. The van der Waals surface area contributed by atoms with Crippen LogP contribution in [0, 0.1) is 20.8 Å². The highest BCUT2D eigenvalue weighted by molar-refractivity contribution is 6.51. The van der Waals surface area contributed by atoms with Crippen molar-refractivity contribution in [1.29, 1.82) is 0 Å². The third-order valence-corrected chi connectivity index (χ3v) is 6.27. The van der Waals surface area contributed by atoms with Gasteiger partial charge in [-0.3, -0.25) is 14.5 Å². The first-order valence-electron chi connectivity index (χ1n) is 11.0. The molecule has 6 nitrogen and oxygen atoms in total. The number of anilines is 1. The predicted molar refractivity (Wildman–Crippen MR) is 124 cm³/mol. The molecule has 3 aromatic rings. The molecule has 0 saturated carbocycles. The van der Waals surface area contributed by atoms with Crippen molar-refractivity contribution in [1.82, 2.24) is 0 Å². The Hall–Kier alpha value is -3.80. The Morgan fingerprint density at radius 2 is 1.82 bits per heavy atom. The molecule has 0 spiro atoms. The van der Waals surface area contributed by atoms with E-state index in [1.54, 1.807) is 31.2 Å². The van der Waals surface area contributed by atoms with E-state index >= 15 is 0 Å². The molecule has 1 saturated heterocycles. The number of hydrogen-bond acceptors (Lipinski definition) is 5. The van der Waals surface area contributed by atoms with E-state index < -0.39 is 17.7 Å². The van der Waals surface area contributed by atoms with Gasteiger partial charge < -0.3 is 14.3 Å². The molecule has 1 fully saturated rings. The van der Waals surface area contributed by atoms with E-state index in [4.69, 9.17) is 9.15 Å². The van der Waals surface area contributed by atoms with Crippen molar-refractivity contribution < 1.29 is 23.8 Å². The monoisotopic (exact) mass is 443 g/mol. The van der Waals surface area contributed by atoms with Crippen LogP contribution < -0.4 is 9.64 Å². The third-order valence-electron chi connectivity index (χ3n) is 6.27. The Labute approximate surface area is 192 Å². The van der Waals surface area contributed by atoms with E-state index in [0.717, 1.165) is 22.4 Å². The molecule has 0 aliphatic carbocycles. The number of furan rings is 1. The molecule has 0 bridgehead atoms. The van der Waals surface area contributed by atoms with Gasteiger partial charge >= 0.3 is 0 Å². The van der Waals surface area contributed by atoms with Crippen LogP contribution in [-0.2, 0) is 16.0 Å². The Kier molecular flexibility index (Phi) is 4.89. The minimum absolute atomic E-state index is 0.0159. The molecule has 5 rings (SSSR count). The smallest absolute Gasteiger partial charge is 0.300 e. The number of carbonyl (C=O) groups is 2. The van der Waals surface area contributed by atoms with Gasteiger partial charge in [0.2, 0.25) is 0 Å². The predicted octanol–water partition coefficient (Wildman–Crippen LogP) is 5.15. The van der Waals surface area contributed by atoms with E-state index in [1.165, 1.54) is 4.90 Å². The fourth-order valence-corrected chi connectivity index (χ4v) is 4.65. The van der Waals surface area contributed by atoms with Gasteiger partial charge in [-0.15, -0.1) is 0 Å². The lowest BCUT2D eigenvalue weighted by Crippen LogP contribution is -2.30. The summed E-state index contributed by atoms with van der Waals surface area (Å²) in [6.45, 7) is 7.60. The number of ketones is 1. The minimum Gasteiger partial charge on any atom is -0.507 e. The number of rotatable bonds is 3. The summed E-state index contributed by atoms with van der Waals surface area (Å²) in [5, 5.41) is 11.3. The number of carbonyl (C=O) groups excluding carboxylic acids is 2. The van der Waals surface area contributed by atoms with Gasteiger partial charge in [0.25, 0.3) is 11.7 Å². The molecule has 2 atom stereocenters. The average molecular weight is 443 g/mol. The highest BCUT2D eigenvalue weighted by atomic mass is 16.5. The van der Waals surface area contributed by atoms with Crippen LogP contribution in [0.2, 0.25) is 0 Å². The summed E-state index contributed by atoms with van der Waals surface area (Å²) in [5.41, 5.74) is 3.87. The first-order chi connectivity index (χ1) is 15.7. The van der Waals surface area contributed by atoms with Crippen LogP contribution in [0.3, 0.4) is 0 Å². The molecule has 2 aromatic carbocycles. The molecule has 2 unspecified atom stereocenters. The fourth-order valence-electron chi connectivity index (χ4n) is 4.65. The molecule has 0 radical (unpaired) electrons. The molecular weight excluding hydrogens is 418 g/mol. The van der Waals surface area contributed by atoms with E-state index in [9.17, 15) is 14.7 Å². The van der Waals surface area contributed by atoms with Crippen LogP contribution in [0.15, 0.2) is 58.5 Å². The standard InChI is InChI=1S/C27H25NO5/c1-14-5-6-15(2)20(11-14)28-24(22-9-7-16(3)32-22)23(26(30)27(28)31)25(29)18-8-10-21-19(13-18)12-17(4)33-21/h5-11,13,17,24,29H,12H2,1-4H3/b25-23-. The van der Waals surface area contributed by atoms with E-state index in [-0.39, 0.29) is 17.4 Å². The summed E-state index contributed by atoms with van der Waals surface area (Å²) in [4.78, 5) is 28.0. The zero-order valence-electron chi connectivity index (χ0n) is 19.0. The fraction of sp³-hybridized carbons (Fsp3) is 0.259. The molecule has 1 amide bonds. The lowest BCUT2D eigenvalue weighted by molar-refractivity contribution is -0.132. The number of amides is 1. The number of aliphatic hydroxyl groups is 1. The molecule has 2 aliphatic rings. The molecule has 6 heteroatoms. The Bertz CT molecular complexity index is 1330. The highest BCUT2D eigenvalue weighted by Gasteiger charge is 2.48. The molecule has 3 heterocycles. The summed E-state index contributed by atoms with van der Waals surface area (Å²) in [5.74, 6) is 0.197. The van der Waals surface area contributed by atoms with Crippen LogP contribution in [0.1, 0.15) is 46.7 Å². The zero-order valence-corrected chi connectivity index (χ0v) is 19.0. The van der Waals surface area contributed by atoms with Gasteiger partial charge in [-0.1, -0.05) is 12.1 Å². The second-order valence-corrected chi connectivity index (χ2v) is 8.86. The van der Waals surface area contributed by atoms with Gasteiger partial charge in [0.15, 0.2) is 0 Å². The van der Waals surface area contributed by atoms with Gasteiger partial charge in [-0.05, 0) is 80.8 Å². The molecule has 1 N–H and O–H groups in total. The van der Waals surface area contributed by atoms with Crippen molar-refractivity contribution in [3.63, 3.8) is 0 Å². The van der Waals surface area contributed by atoms with Crippen LogP contribution in [0.4, 0.5) is 5.69 Å². The Morgan fingerprint density at radius 3 is 2.55 bits per heavy atom. The number of hydrogen-bond donors (Lipinski definition) is 1. The summed E-state index contributed by atoms with van der Waals surface area (Å²) in [7, 11) is 0. The number of aliphatic hydroxyl groups excluding tert-OH is 1. The molecule has 2 aliphatic heterocycles. The van der Waals surface area contributed by atoms with Crippen molar-refractivity contribution in [2.75, 3.05) is 4.90 Å². The zero-order chi connectivity index (χ0) is 23.4. The van der Waals surface area contributed by atoms with Gasteiger partial charge in [-0.2, -0.15) is 0 Å². The summed E-state index contributed by atoms with van der Waals surface area (Å²) >= 11 is 0. The largest absolute Gasteiger partial charge is 0.507 e. The maximum Gasteiger partial charge on any atom is 0.300 e. The maximum absolute atomic E-state index is 13.3. The first kappa shape index (κ1) is 21.1. The van der Waals surface area contributed by atoms with Crippen LogP contribution in [0.25, 0.3) is 5.76 Å². The van der Waals surface area contributed by atoms with Crippen LogP contribution >= 0.6 is 0 Å². The second kappa shape index (κ2) is 7.66. The normalized spacial score (nSPS) is 21.4. The molecule has 168 valence electrons. The SMILES string of the molecule is Cc1ccc(C)c(N2C(=O)C(=O)/C(=C(\O)c3ccc4c(c3)CC(C)O4)C2c2ccc(C)o2)c1. The van der Waals surface area contributed by atoms with Crippen molar-refractivity contribution in [2.45, 2.75) is 46.3 Å². The average Bonchev–Trinajstić information content (AvgIpc) is 3.44. The van der Waals surface area contributed by atoms with Crippen LogP contribution in [-0.4, -0.2) is 22.9 Å². The van der Waals surface area contributed by atoms with Gasteiger partial charge in [0, 0.05) is 17.7 Å². The molecular formula is C27H25NO5. The van der Waals surface area contributed by atoms with E-state index in [2.05, 4.69) is 0 Å². The summed E-state index contributed by atoms with van der Waals surface area (Å²) in [6, 6.07) is 13.7. The molecule has 1 aromatic heterocycles. The van der Waals surface area contributed by atoms with Gasteiger partial charge in [0.1, 0.15) is 35.2 Å². The Balaban J connectivity index is 1.71. The highest BCUT2D eigenvalue weighted by Crippen LogP contribution is 2.44. The van der Waals surface area contributed by atoms with Crippen molar-refractivity contribution in [3.8, 4) is 5.75 Å². The van der Waals surface area contributed by atoms with Gasteiger partial charge in [-0.25, -0.2) is 0 Å². The first-order valence-corrected chi connectivity index (χ1v) is 11.0. The van der Waals surface area contributed by atoms with Gasteiger partial charge in [0.05, 0.1) is 5.57 Å². The quantitative estimate of drug-likeness (QED) is 0.344. The maximum atomic E-state index is 13.3. The lowest BCUT2D eigenvalue weighted by atomic mass is 9.97. The summed E-state index contributed by atoms with van der Waals surface area (Å²) < 4.78 is 11.6. The number of ether oxygens (including phenoxy) is 1. The number of nitrogens with zero attached hydrogens (tertiary/aromatic N) is 1. The van der Waals surface area contributed by atoms with E-state index in [1.807, 2.05) is 45.0 Å². The van der Waals surface area contributed by atoms with Crippen molar-refractivity contribution in [2.24, 2.45) is 0 Å². The summed E-state index contributed by atoms with van der Waals surface area (Å²) in [6.07, 6.45) is 0.770. The third kappa shape index (κ3) is 3.42. The minimum atomic E-state index is -0.873. The lowest BCUT2D eigenvalue weighted by Gasteiger charge is -2.25. The van der Waals surface area contributed by atoms with Crippen molar-refractivity contribution >= 4 is 23.1 Å². The van der Waals surface area contributed by atoms with E-state index in [0.29, 0.717) is 29.2 Å². The number of Topliss-reactive ketones (excluding diaryl/α,β-unsaturated/α-hetero) is 1. The number of fused-ring (bicyclic) bond motifs is 1. The number of benzene rings is 2. The van der Waals surface area contributed by atoms with Crippen LogP contribution in [0.5, 0.6) is 5.75 Å².